The zero-order valence-corrected chi connectivity index (χ0v) is 12.8. The molecule has 1 aliphatic rings. The quantitative estimate of drug-likeness (QED) is 0.839. The van der Waals surface area contributed by atoms with Gasteiger partial charge in [0.05, 0.1) is 22.1 Å². The third-order valence-corrected chi connectivity index (χ3v) is 4.15. The van der Waals surface area contributed by atoms with E-state index in [2.05, 4.69) is 17.1 Å². The number of nitrogen functional groups attached to an aromatic ring is 1. The first-order valence-corrected chi connectivity index (χ1v) is 7.53. The lowest BCUT2D eigenvalue weighted by molar-refractivity contribution is -0.115. The smallest absolute Gasteiger partial charge is 0.224 e. The van der Waals surface area contributed by atoms with E-state index in [9.17, 15) is 4.79 Å². The molecule has 0 radical (unpaired) electrons. The lowest BCUT2D eigenvalue weighted by Gasteiger charge is -2.33. The minimum atomic E-state index is -0.0464. The van der Waals surface area contributed by atoms with Gasteiger partial charge >= 0.3 is 0 Å². The van der Waals surface area contributed by atoms with E-state index in [0.717, 1.165) is 24.7 Å². The van der Waals surface area contributed by atoms with Crippen molar-refractivity contribution >= 4 is 34.6 Å². The topological polar surface area (TPSA) is 58.4 Å². The molecule has 110 valence electrons. The van der Waals surface area contributed by atoms with Crippen LogP contribution < -0.4 is 16.0 Å². The van der Waals surface area contributed by atoms with Gasteiger partial charge in [-0.1, -0.05) is 25.4 Å². The lowest BCUT2D eigenvalue weighted by atomic mass is 9.98. The molecule has 2 rings (SSSR count). The maximum Gasteiger partial charge on any atom is 0.224 e. The van der Waals surface area contributed by atoms with Gasteiger partial charge in [0.1, 0.15) is 0 Å². The molecule has 1 aromatic carbocycles. The molecule has 3 N–H and O–H groups in total. The van der Waals surface area contributed by atoms with Gasteiger partial charge in [0, 0.05) is 19.5 Å². The average Bonchev–Trinajstić information content (AvgIpc) is 2.43. The van der Waals surface area contributed by atoms with Crippen molar-refractivity contribution in [1.82, 2.24) is 0 Å². The predicted molar refractivity (Wildman–Crippen MR) is 85.4 cm³/mol. The highest BCUT2D eigenvalue weighted by atomic mass is 35.5. The summed E-state index contributed by atoms with van der Waals surface area (Å²) in [5.74, 6) is 0.717. The van der Waals surface area contributed by atoms with E-state index in [1.54, 1.807) is 6.07 Å². The Labute approximate surface area is 125 Å². The molecule has 1 aliphatic heterocycles. The third-order valence-electron chi connectivity index (χ3n) is 3.84. The number of hydrogen-bond acceptors (Lipinski definition) is 3. The molecular formula is C15H22ClN3O. The standard InChI is InChI=1S/C15H22ClN3O/c1-3-15(20)18-13-9-14(12(17)8-11(13)16)19-6-4-10(2)5-7-19/h8-10H,3-7,17H2,1-2H3,(H,18,20). The van der Waals surface area contributed by atoms with Gasteiger partial charge in [-0.2, -0.15) is 0 Å². The van der Waals surface area contributed by atoms with E-state index in [-0.39, 0.29) is 5.91 Å². The number of carbonyl (C=O) groups is 1. The highest BCUT2D eigenvalue weighted by Gasteiger charge is 2.19. The van der Waals surface area contributed by atoms with Gasteiger partial charge in [0.15, 0.2) is 0 Å². The van der Waals surface area contributed by atoms with Gasteiger partial charge in [0.25, 0.3) is 0 Å². The van der Waals surface area contributed by atoms with Crippen molar-refractivity contribution in [3.8, 4) is 0 Å². The van der Waals surface area contributed by atoms with E-state index in [4.69, 9.17) is 17.3 Å². The number of rotatable bonds is 3. The summed E-state index contributed by atoms with van der Waals surface area (Å²) in [6.07, 6.45) is 2.76. The van der Waals surface area contributed by atoms with Crippen LogP contribution in [-0.4, -0.2) is 19.0 Å². The van der Waals surface area contributed by atoms with Crippen LogP contribution in [0.15, 0.2) is 12.1 Å². The van der Waals surface area contributed by atoms with E-state index in [1.807, 2.05) is 13.0 Å². The van der Waals surface area contributed by atoms with E-state index in [0.29, 0.717) is 22.8 Å². The van der Waals surface area contributed by atoms with Crippen molar-refractivity contribution in [1.29, 1.82) is 0 Å². The highest BCUT2D eigenvalue weighted by Crippen LogP contribution is 2.35. The molecule has 0 atom stereocenters. The monoisotopic (exact) mass is 295 g/mol. The van der Waals surface area contributed by atoms with E-state index in [1.165, 1.54) is 12.8 Å². The van der Waals surface area contributed by atoms with Gasteiger partial charge in [-0.25, -0.2) is 0 Å². The largest absolute Gasteiger partial charge is 0.397 e. The molecule has 1 amide bonds. The molecule has 0 aromatic heterocycles. The molecule has 0 unspecified atom stereocenters. The Morgan fingerprint density at radius 3 is 2.70 bits per heavy atom. The number of halogens is 1. The second-order valence-electron chi connectivity index (χ2n) is 5.46. The van der Waals surface area contributed by atoms with Crippen molar-refractivity contribution in [2.45, 2.75) is 33.1 Å². The Kier molecular flexibility index (Phi) is 4.76. The molecule has 20 heavy (non-hydrogen) atoms. The summed E-state index contributed by atoms with van der Waals surface area (Å²) >= 11 is 6.15. The Morgan fingerprint density at radius 2 is 2.10 bits per heavy atom. The second-order valence-corrected chi connectivity index (χ2v) is 5.87. The summed E-state index contributed by atoms with van der Waals surface area (Å²) in [7, 11) is 0. The molecule has 4 nitrogen and oxygen atoms in total. The van der Waals surface area contributed by atoms with Gasteiger partial charge in [-0.15, -0.1) is 0 Å². The van der Waals surface area contributed by atoms with Crippen molar-refractivity contribution < 1.29 is 4.79 Å². The minimum absolute atomic E-state index is 0.0464. The molecule has 0 saturated carbocycles. The normalized spacial score (nSPS) is 16.2. The molecule has 1 heterocycles. The van der Waals surface area contributed by atoms with E-state index >= 15 is 0 Å². The highest BCUT2D eigenvalue weighted by molar-refractivity contribution is 6.34. The van der Waals surface area contributed by atoms with Crippen LogP contribution in [0, 0.1) is 5.92 Å². The summed E-state index contributed by atoms with van der Waals surface area (Å²) in [5.41, 5.74) is 8.35. The molecule has 0 spiro atoms. The van der Waals surface area contributed by atoms with Crippen molar-refractivity contribution in [3.05, 3.63) is 17.2 Å². The fraction of sp³-hybridized carbons (Fsp3) is 0.533. The first-order valence-electron chi connectivity index (χ1n) is 7.15. The summed E-state index contributed by atoms with van der Waals surface area (Å²) in [4.78, 5) is 13.8. The van der Waals surface area contributed by atoms with Crippen LogP contribution in [-0.2, 0) is 4.79 Å². The van der Waals surface area contributed by atoms with Crippen molar-refractivity contribution in [2.24, 2.45) is 5.92 Å². The first kappa shape index (κ1) is 15.0. The Bertz CT molecular complexity index is 496. The number of nitrogens with two attached hydrogens (primary N) is 1. The summed E-state index contributed by atoms with van der Waals surface area (Å²) in [6.45, 7) is 6.07. The molecule has 1 aromatic rings. The van der Waals surface area contributed by atoms with Gasteiger partial charge in [-0.3, -0.25) is 4.79 Å². The molecule has 1 saturated heterocycles. The third kappa shape index (κ3) is 3.37. The number of nitrogens with one attached hydrogen (secondary N) is 1. The zero-order chi connectivity index (χ0) is 14.7. The summed E-state index contributed by atoms with van der Waals surface area (Å²) < 4.78 is 0. The molecule has 0 bridgehead atoms. The maximum atomic E-state index is 11.5. The first-order chi connectivity index (χ1) is 9.51. The number of amides is 1. The van der Waals surface area contributed by atoms with Crippen molar-refractivity contribution in [3.63, 3.8) is 0 Å². The Balaban J connectivity index is 2.24. The SMILES string of the molecule is CCC(=O)Nc1cc(N2CCC(C)CC2)c(N)cc1Cl. The maximum absolute atomic E-state index is 11.5. The second kappa shape index (κ2) is 6.35. The predicted octanol–water partition coefficient (Wildman–Crippen LogP) is 3.51. The van der Waals surface area contributed by atoms with Gasteiger partial charge in [-0.05, 0) is 30.9 Å². The summed E-state index contributed by atoms with van der Waals surface area (Å²) in [5, 5.41) is 3.31. The minimum Gasteiger partial charge on any atom is -0.397 e. The number of hydrogen-bond donors (Lipinski definition) is 2. The average molecular weight is 296 g/mol. The molecule has 1 fully saturated rings. The number of carbonyl (C=O) groups excluding carboxylic acids is 1. The van der Waals surface area contributed by atoms with Gasteiger partial charge < -0.3 is 16.0 Å². The summed E-state index contributed by atoms with van der Waals surface area (Å²) in [6, 6.07) is 3.61. The fourth-order valence-electron chi connectivity index (χ4n) is 2.43. The van der Waals surface area contributed by atoms with Crippen LogP contribution in [0.2, 0.25) is 5.02 Å². The zero-order valence-electron chi connectivity index (χ0n) is 12.1. The van der Waals surface area contributed by atoms with Crippen LogP contribution >= 0.6 is 11.6 Å². The molecular weight excluding hydrogens is 274 g/mol. The van der Waals surface area contributed by atoms with Crippen LogP contribution in [0.25, 0.3) is 0 Å². The van der Waals surface area contributed by atoms with Crippen LogP contribution in [0.4, 0.5) is 17.1 Å². The molecule has 5 heteroatoms. The Morgan fingerprint density at radius 1 is 1.45 bits per heavy atom. The van der Waals surface area contributed by atoms with Crippen molar-refractivity contribution in [2.75, 3.05) is 29.0 Å². The van der Waals surface area contributed by atoms with Crippen LogP contribution in [0.1, 0.15) is 33.1 Å². The molecule has 0 aliphatic carbocycles. The van der Waals surface area contributed by atoms with Crippen LogP contribution in [0.5, 0.6) is 0 Å². The van der Waals surface area contributed by atoms with Crippen LogP contribution in [0.3, 0.4) is 0 Å². The number of anilines is 3. The Hall–Kier alpha value is -1.42. The number of piperidine rings is 1. The fourth-order valence-corrected chi connectivity index (χ4v) is 2.65. The lowest BCUT2D eigenvalue weighted by Crippen LogP contribution is -2.33. The van der Waals surface area contributed by atoms with Gasteiger partial charge in [0.2, 0.25) is 5.91 Å². The number of nitrogens with zero attached hydrogens (tertiary/aromatic N) is 1. The number of benzene rings is 1. The van der Waals surface area contributed by atoms with E-state index < -0.39 is 0 Å².